The van der Waals surface area contributed by atoms with Crippen LogP contribution in [0.4, 0.5) is 0 Å². The number of esters is 3. The van der Waals surface area contributed by atoms with Gasteiger partial charge in [0.2, 0.25) is 0 Å². The maximum absolute atomic E-state index is 12.8. The lowest BCUT2D eigenvalue weighted by molar-refractivity contribution is -0.167. The first-order valence-corrected chi connectivity index (χ1v) is 28.1. The van der Waals surface area contributed by atoms with E-state index in [-0.39, 0.29) is 31.1 Å². The summed E-state index contributed by atoms with van der Waals surface area (Å²) in [6.45, 7) is 6.53. The Morgan fingerprint density at radius 3 is 0.836 bits per heavy atom. The van der Waals surface area contributed by atoms with Crippen molar-refractivity contribution in [2.75, 3.05) is 13.2 Å². The molecule has 67 heavy (non-hydrogen) atoms. The Kier molecular flexibility index (Phi) is 52.4. The number of allylic oxidation sites excluding steroid dienone is 14. The third-order valence-corrected chi connectivity index (χ3v) is 11.8. The summed E-state index contributed by atoms with van der Waals surface area (Å²) in [6, 6.07) is 0. The smallest absolute Gasteiger partial charge is 0.306 e. The first-order valence-electron chi connectivity index (χ1n) is 28.1. The van der Waals surface area contributed by atoms with Crippen LogP contribution in [0.5, 0.6) is 0 Å². The molecule has 0 aromatic heterocycles. The van der Waals surface area contributed by atoms with Crippen LogP contribution in [-0.2, 0) is 28.6 Å². The molecular weight excluding hydrogens is 829 g/mol. The van der Waals surface area contributed by atoms with Gasteiger partial charge in [0, 0.05) is 19.3 Å². The van der Waals surface area contributed by atoms with Crippen molar-refractivity contribution in [1.82, 2.24) is 0 Å². The highest BCUT2D eigenvalue weighted by Gasteiger charge is 2.19. The predicted molar refractivity (Wildman–Crippen MR) is 288 cm³/mol. The minimum atomic E-state index is -0.797. The lowest BCUT2D eigenvalue weighted by Crippen LogP contribution is -2.30. The molecule has 0 aliphatic carbocycles. The van der Waals surface area contributed by atoms with E-state index in [1.807, 2.05) is 0 Å². The average Bonchev–Trinajstić information content (AvgIpc) is 3.33. The molecule has 0 N–H and O–H groups in total. The zero-order valence-electron chi connectivity index (χ0n) is 43.9. The highest BCUT2D eigenvalue weighted by molar-refractivity contribution is 5.71. The minimum absolute atomic E-state index is 0.0941. The molecule has 0 saturated heterocycles. The summed E-state index contributed by atoms with van der Waals surface area (Å²) in [5.74, 6) is -0.934. The number of rotatable bonds is 50. The third kappa shape index (κ3) is 53.4. The van der Waals surface area contributed by atoms with Gasteiger partial charge in [0.15, 0.2) is 6.10 Å². The van der Waals surface area contributed by atoms with Gasteiger partial charge in [-0.3, -0.25) is 14.4 Å². The zero-order chi connectivity index (χ0) is 48.6. The van der Waals surface area contributed by atoms with Crippen LogP contribution in [0.3, 0.4) is 0 Å². The fourth-order valence-corrected chi connectivity index (χ4v) is 7.57. The Morgan fingerprint density at radius 1 is 0.299 bits per heavy atom. The second-order valence-corrected chi connectivity index (χ2v) is 18.5. The Hall–Kier alpha value is -3.41. The van der Waals surface area contributed by atoms with Gasteiger partial charge < -0.3 is 14.2 Å². The second-order valence-electron chi connectivity index (χ2n) is 18.5. The predicted octanol–water partition coefficient (Wildman–Crippen LogP) is 18.8. The van der Waals surface area contributed by atoms with Gasteiger partial charge in [0.25, 0.3) is 0 Å². The molecule has 0 heterocycles. The highest BCUT2D eigenvalue weighted by atomic mass is 16.6. The molecule has 0 rings (SSSR count). The van der Waals surface area contributed by atoms with Gasteiger partial charge in [0.1, 0.15) is 13.2 Å². The zero-order valence-corrected chi connectivity index (χ0v) is 43.9. The minimum Gasteiger partial charge on any atom is -0.462 e. The standard InChI is InChI=1S/C61H104O6/c1-4-7-10-13-16-19-22-25-28-30-33-35-38-41-44-47-50-53-59(62)65-56-58(67-61(64)55-52-49-46-43-40-37-32-27-24-21-18-15-12-9-6-3)57-66-60(63)54-51-48-45-42-39-36-34-31-29-26-23-20-17-14-11-8-5-2/h16-21,25-29,32-33,35,58H,4-15,22-24,30-31,34,36-57H2,1-3H3/b19-16-,20-17-,21-18-,28-25-,29-26-,32-27-,35-33-/t58-/m1/s1. The molecule has 1 atom stereocenters. The first-order chi connectivity index (χ1) is 33.0. The molecule has 0 aromatic rings. The normalized spacial score (nSPS) is 12.7. The van der Waals surface area contributed by atoms with Crippen molar-refractivity contribution in [1.29, 1.82) is 0 Å². The van der Waals surface area contributed by atoms with Crippen LogP contribution in [0.15, 0.2) is 85.1 Å². The molecule has 0 radical (unpaired) electrons. The summed E-state index contributed by atoms with van der Waals surface area (Å²) in [6.07, 6.45) is 71.3. The number of carbonyl (C=O) groups excluding carboxylic acids is 3. The molecule has 384 valence electrons. The van der Waals surface area contributed by atoms with Gasteiger partial charge in [-0.1, -0.05) is 209 Å². The lowest BCUT2D eigenvalue weighted by Gasteiger charge is -2.18. The maximum atomic E-state index is 12.8. The van der Waals surface area contributed by atoms with E-state index in [1.54, 1.807) is 0 Å². The van der Waals surface area contributed by atoms with Crippen molar-refractivity contribution in [2.24, 2.45) is 0 Å². The molecule has 6 heteroatoms. The van der Waals surface area contributed by atoms with E-state index in [2.05, 4.69) is 106 Å². The number of hydrogen-bond donors (Lipinski definition) is 0. The summed E-state index contributed by atoms with van der Waals surface area (Å²) < 4.78 is 16.8. The van der Waals surface area contributed by atoms with Crippen molar-refractivity contribution in [3.8, 4) is 0 Å². The van der Waals surface area contributed by atoms with Crippen molar-refractivity contribution < 1.29 is 28.6 Å². The van der Waals surface area contributed by atoms with E-state index in [4.69, 9.17) is 14.2 Å². The number of unbranched alkanes of at least 4 members (excludes halogenated alkanes) is 25. The third-order valence-electron chi connectivity index (χ3n) is 11.8. The van der Waals surface area contributed by atoms with E-state index in [9.17, 15) is 14.4 Å². The topological polar surface area (TPSA) is 78.9 Å². The molecule has 0 saturated carbocycles. The van der Waals surface area contributed by atoms with Gasteiger partial charge in [0.05, 0.1) is 0 Å². The van der Waals surface area contributed by atoms with Crippen LogP contribution in [-0.4, -0.2) is 37.2 Å². The number of hydrogen-bond acceptors (Lipinski definition) is 6. The monoisotopic (exact) mass is 933 g/mol. The van der Waals surface area contributed by atoms with E-state index in [0.717, 1.165) is 122 Å². The van der Waals surface area contributed by atoms with Gasteiger partial charge in [-0.2, -0.15) is 0 Å². The molecule has 0 aromatic carbocycles. The van der Waals surface area contributed by atoms with Crippen LogP contribution in [0.1, 0.15) is 265 Å². The second kappa shape index (κ2) is 55.2. The van der Waals surface area contributed by atoms with Gasteiger partial charge in [-0.25, -0.2) is 0 Å². The number of carbonyl (C=O) groups is 3. The molecule has 0 bridgehead atoms. The molecule has 0 aliphatic rings. The summed E-state index contributed by atoms with van der Waals surface area (Å²) in [4.78, 5) is 38.1. The summed E-state index contributed by atoms with van der Waals surface area (Å²) in [5, 5.41) is 0. The van der Waals surface area contributed by atoms with Crippen LogP contribution in [0.25, 0.3) is 0 Å². The molecule has 0 amide bonds. The fourth-order valence-electron chi connectivity index (χ4n) is 7.57. The van der Waals surface area contributed by atoms with E-state index in [1.165, 1.54) is 103 Å². The van der Waals surface area contributed by atoms with Crippen molar-refractivity contribution in [3.05, 3.63) is 85.1 Å². The summed E-state index contributed by atoms with van der Waals surface area (Å²) in [5.41, 5.74) is 0. The molecule has 0 spiro atoms. The van der Waals surface area contributed by atoms with Crippen molar-refractivity contribution in [3.63, 3.8) is 0 Å². The Morgan fingerprint density at radius 2 is 0.537 bits per heavy atom. The van der Waals surface area contributed by atoms with E-state index < -0.39 is 6.10 Å². The molecule has 6 nitrogen and oxygen atoms in total. The van der Waals surface area contributed by atoms with Gasteiger partial charge in [-0.15, -0.1) is 0 Å². The van der Waals surface area contributed by atoms with Gasteiger partial charge in [-0.05, 0) is 122 Å². The maximum Gasteiger partial charge on any atom is 0.306 e. The van der Waals surface area contributed by atoms with Crippen LogP contribution in [0.2, 0.25) is 0 Å². The van der Waals surface area contributed by atoms with E-state index in [0.29, 0.717) is 19.3 Å². The Balaban J connectivity index is 4.46. The molecule has 0 unspecified atom stereocenters. The Bertz CT molecular complexity index is 1300. The fraction of sp³-hybridized carbons (Fsp3) is 0.721. The summed E-state index contributed by atoms with van der Waals surface area (Å²) in [7, 11) is 0. The average molecular weight is 933 g/mol. The lowest BCUT2D eigenvalue weighted by atomic mass is 10.1. The Labute approximate surface area is 414 Å². The molecular formula is C61H104O6. The molecule has 0 aliphatic heterocycles. The largest absolute Gasteiger partial charge is 0.462 e. The SMILES string of the molecule is CCCCC/C=C\C/C=C\C/C=C\CCCCCCC(=O)OC[C@H](COC(=O)CCCCCCCCC/C=C\C/C=C\CCCCC)OC(=O)CCCCCCC/C=C\C/C=C\CCCCC. The van der Waals surface area contributed by atoms with Crippen molar-refractivity contribution >= 4 is 17.9 Å². The van der Waals surface area contributed by atoms with Crippen molar-refractivity contribution in [2.45, 2.75) is 271 Å². The number of ether oxygens (including phenoxy) is 3. The highest BCUT2D eigenvalue weighted by Crippen LogP contribution is 2.14. The van der Waals surface area contributed by atoms with E-state index >= 15 is 0 Å². The summed E-state index contributed by atoms with van der Waals surface area (Å²) >= 11 is 0. The van der Waals surface area contributed by atoms with Gasteiger partial charge >= 0.3 is 17.9 Å². The van der Waals surface area contributed by atoms with Crippen LogP contribution >= 0.6 is 0 Å². The molecule has 0 fully saturated rings. The quantitative estimate of drug-likeness (QED) is 0.0262. The van der Waals surface area contributed by atoms with Crippen LogP contribution in [0, 0.1) is 0 Å². The first kappa shape index (κ1) is 63.6. The van der Waals surface area contributed by atoms with Crippen LogP contribution < -0.4 is 0 Å².